The lowest BCUT2D eigenvalue weighted by molar-refractivity contribution is -0.933. The molecule has 3 aliphatic rings. The Morgan fingerprint density at radius 2 is 1.76 bits per heavy atom. The number of fused-ring (bicyclic) bond motifs is 3. The zero-order chi connectivity index (χ0) is 14.9. The molecule has 5 nitrogen and oxygen atoms in total. The number of rotatable bonds is 4. The number of ketones is 1. The Hall–Kier alpha value is -1.72. The highest BCUT2D eigenvalue weighted by Gasteiger charge is 2.39. The van der Waals surface area contributed by atoms with Crippen LogP contribution in [0.4, 0.5) is 5.69 Å². The van der Waals surface area contributed by atoms with E-state index in [4.69, 9.17) is 0 Å². The van der Waals surface area contributed by atoms with Crippen molar-refractivity contribution in [2.45, 2.75) is 6.92 Å². The molecule has 1 aromatic carbocycles. The van der Waals surface area contributed by atoms with E-state index in [0.717, 1.165) is 43.8 Å². The molecule has 3 saturated heterocycles. The van der Waals surface area contributed by atoms with E-state index in [1.54, 1.807) is 12.1 Å². The van der Waals surface area contributed by atoms with Crippen molar-refractivity contribution in [1.29, 1.82) is 0 Å². The average molecular weight is 288 g/mol. The van der Waals surface area contributed by atoms with Gasteiger partial charge in [0.15, 0.2) is 12.3 Å². The van der Waals surface area contributed by atoms with Crippen LogP contribution in [-0.2, 0) is 4.79 Å². The van der Waals surface area contributed by atoms with Gasteiger partial charge in [-0.05, 0) is 19.1 Å². The van der Waals surface area contributed by atoms with Gasteiger partial charge < -0.3 is 9.80 Å². The van der Waals surface area contributed by atoms with Crippen LogP contribution >= 0.6 is 0 Å². The number of anilines is 1. The average Bonchev–Trinajstić information content (AvgIpc) is 2.48. The van der Waals surface area contributed by atoms with E-state index in [2.05, 4.69) is 10.2 Å². The number of hydrogen-bond acceptors (Lipinski definition) is 3. The Kier molecular flexibility index (Phi) is 3.78. The molecule has 5 heteroatoms. The molecule has 0 spiro atoms. The second kappa shape index (κ2) is 5.58. The van der Waals surface area contributed by atoms with Gasteiger partial charge in [0.1, 0.15) is 0 Å². The summed E-state index contributed by atoms with van der Waals surface area (Å²) in [5.41, 5.74) is 1.21. The third-order valence-electron chi connectivity index (χ3n) is 4.73. The fraction of sp³-hybridized carbons (Fsp3) is 0.500. The summed E-state index contributed by atoms with van der Waals surface area (Å²) >= 11 is 0. The Morgan fingerprint density at radius 3 is 2.38 bits per heavy atom. The van der Waals surface area contributed by atoms with Gasteiger partial charge in [-0.2, -0.15) is 0 Å². The molecular weight excluding hydrogens is 266 g/mol. The quantitative estimate of drug-likeness (QED) is 0.663. The maximum absolute atomic E-state index is 12.4. The summed E-state index contributed by atoms with van der Waals surface area (Å²) in [6, 6.07) is 7.21. The molecular formula is C16H22N3O2+. The molecule has 0 radical (unpaired) electrons. The summed E-state index contributed by atoms with van der Waals surface area (Å²) < 4.78 is 0.893. The molecule has 3 heterocycles. The van der Waals surface area contributed by atoms with Gasteiger partial charge in [0.05, 0.1) is 25.3 Å². The predicted molar refractivity (Wildman–Crippen MR) is 81.2 cm³/mol. The van der Waals surface area contributed by atoms with Crippen LogP contribution in [0.5, 0.6) is 0 Å². The number of hydrogen-bond donors (Lipinski definition) is 1. The van der Waals surface area contributed by atoms with Gasteiger partial charge in [0, 0.05) is 25.2 Å². The Labute approximate surface area is 125 Å². The first-order valence-electron chi connectivity index (χ1n) is 7.55. The van der Waals surface area contributed by atoms with Crippen LogP contribution in [0.1, 0.15) is 17.3 Å². The van der Waals surface area contributed by atoms with Gasteiger partial charge in [-0.1, -0.05) is 12.1 Å². The second-order valence-electron chi connectivity index (χ2n) is 6.16. The van der Waals surface area contributed by atoms with Crippen LogP contribution in [0.3, 0.4) is 0 Å². The number of amides is 1. The number of piperazine rings is 3. The summed E-state index contributed by atoms with van der Waals surface area (Å²) in [6.45, 7) is 8.49. The number of para-hydroxylation sites is 1. The highest BCUT2D eigenvalue weighted by molar-refractivity contribution is 6.03. The third kappa shape index (κ3) is 2.99. The number of benzene rings is 1. The smallest absolute Gasteiger partial charge is 0.279 e. The van der Waals surface area contributed by atoms with Gasteiger partial charge in [-0.3, -0.25) is 14.5 Å². The van der Waals surface area contributed by atoms with Gasteiger partial charge in [0.25, 0.3) is 5.91 Å². The van der Waals surface area contributed by atoms with Crippen molar-refractivity contribution in [3.05, 3.63) is 29.8 Å². The first-order chi connectivity index (χ1) is 10.1. The van der Waals surface area contributed by atoms with Gasteiger partial charge >= 0.3 is 0 Å². The lowest BCUT2D eigenvalue weighted by Gasteiger charge is -2.50. The van der Waals surface area contributed by atoms with E-state index >= 15 is 0 Å². The molecule has 112 valence electrons. The second-order valence-corrected chi connectivity index (χ2v) is 6.16. The van der Waals surface area contributed by atoms with Crippen LogP contribution in [-0.4, -0.2) is 66.9 Å². The molecule has 3 fully saturated rings. The number of nitrogens with one attached hydrogen (secondary N) is 1. The first kappa shape index (κ1) is 14.2. The summed E-state index contributed by atoms with van der Waals surface area (Å²) in [6.07, 6.45) is 0. The van der Waals surface area contributed by atoms with E-state index in [1.807, 2.05) is 12.1 Å². The standard InChI is InChI=1S/C16H21N3O2/c1-13(20)14-4-2-3-5-15(14)17-16(21)12-19-9-6-18(7-10-19)8-11-19/h2-5H,6-12H2,1H3/p+1. The molecule has 1 aromatic rings. The van der Waals surface area contributed by atoms with Crippen molar-refractivity contribution >= 4 is 17.4 Å². The van der Waals surface area contributed by atoms with Crippen molar-refractivity contribution < 1.29 is 14.1 Å². The minimum atomic E-state index is -0.0236. The minimum Gasteiger partial charge on any atom is -0.320 e. The number of nitrogens with zero attached hydrogens (tertiary/aromatic N) is 2. The SMILES string of the molecule is CC(=O)c1ccccc1NC(=O)C[N+]12CCN(CC1)CC2. The van der Waals surface area contributed by atoms with E-state index in [0.29, 0.717) is 17.8 Å². The highest BCUT2D eigenvalue weighted by Crippen LogP contribution is 2.20. The van der Waals surface area contributed by atoms with Crippen LogP contribution in [0.15, 0.2) is 24.3 Å². The molecule has 0 aliphatic carbocycles. The minimum absolute atomic E-state index is 0.0130. The third-order valence-corrected chi connectivity index (χ3v) is 4.73. The summed E-state index contributed by atoms with van der Waals surface area (Å²) in [7, 11) is 0. The lowest BCUT2D eigenvalue weighted by Crippen LogP contribution is -2.68. The number of carbonyl (C=O) groups excluding carboxylic acids is 2. The van der Waals surface area contributed by atoms with E-state index in [1.165, 1.54) is 6.92 Å². The van der Waals surface area contributed by atoms with Crippen molar-refractivity contribution in [2.24, 2.45) is 0 Å². The largest absolute Gasteiger partial charge is 0.320 e. The Morgan fingerprint density at radius 1 is 1.14 bits per heavy atom. The van der Waals surface area contributed by atoms with Crippen LogP contribution < -0.4 is 5.32 Å². The molecule has 1 amide bonds. The fourth-order valence-electron chi connectivity index (χ4n) is 3.36. The van der Waals surface area contributed by atoms with Crippen LogP contribution in [0, 0.1) is 0 Å². The molecule has 2 bridgehead atoms. The van der Waals surface area contributed by atoms with Gasteiger partial charge in [0.2, 0.25) is 0 Å². The van der Waals surface area contributed by atoms with Crippen molar-refractivity contribution in [3.8, 4) is 0 Å². The maximum Gasteiger partial charge on any atom is 0.279 e. The number of carbonyl (C=O) groups is 2. The summed E-state index contributed by atoms with van der Waals surface area (Å²) in [5, 5.41) is 2.93. The van der Waals surface area contributed by atoms with E-state index in [9.17, 15) is 9.59 Å². The zero-order valence-electron chi connectivity index (χ0n) is 12.5. The van der Waals surface area contributed by atoms with E-state index < -0.39 is 0 Å². The van der Waals surface area contributed by atoms with Crippen LogP contribution in [0.25, 0.3) is 0 Å². The van der Waals surface area contributed by atoms with E-state index in [-0.39, 0.29) is 11.7 Å². The monoisotopic (exact) mass is 288 g/mol. The summed E-state index contributed by atoms with van der Waals surface area (Å²) in [4.78, 5) is 26.4. The van der Waals surface area contributed by atoms with Gasteiger partial charge in [-0.15, -0.1) is 0 Å². The van der Waals surface area contributed by atoms with Crippen molar-refractivity contribution in [3.63, 3.8) is 0 Å². The van der Waals surface area contributed by atoms with Crippen molar-refractivity contribution in [2.75, 3.05) is 51.1 Å². The first-order valence-corrected chi connectivity index (χ1v) is 7.55. The Balaban J connectivity index is 1.68. The highest BCUT2D eigenvalue weighted by atomic mass is 16.2. The van der Waals surface area contributed by atoms with Crippen LogP contribution in [0.2, 0.25) is 0 Å². The molecule has 0 atom stereocenters. The zero-order valence-corrected chi connectivity index (χ0v) is 12.5. The maximum atomic E-state index is 12.4. The lowest BCUT2D eigenvalue weighted by atomic mass is 10.1. The van der Waals surface area contributed by atoms with Crippen molar-refractivity contribution in [1.82, 2.24) is 4.90 Å². The fourth-order valence-corrected chi connectivity index (χ4v) is 3.36. The molecule has 0 unspecified atom stereocenters. The molecule has 1 N–H and O–H groups in total. The molecule has 4 rings (SSSR count). The number of Topliss-reactive ketones (excluding diaryl/α,β-unsaturated/α-hetero) is 1. The summed E-state index contributed by atoms with van der Waals surface area (Å²) in [5.74, 6) is -0.0106. The molecule has 0 aromatic heterocycles. The Bertz CT molecular complexity index is 549. The topological polar surface area (TPSA) is 49.4 Å². The van der Waals surface area contributed by atoms with Gasteiger partial charge in [-0.25, -0.2) is 0 Å². The number of quaternary nitrogens is 1. The normalized spacial score (nSPS) is 27.4. The predicted octanol–water partition coefficient (Wildman–Crippen LogP) is 0.974. The molecule has 0 saturated carbocycles. The molecule has 21 heavy (non-hydrogen) atoms. The molecule has 3 aliphatic heterocycles.